The van der Waals surface area contributed by atoms with Crippen LogP contribution in [0.4, 0.5) is 22.7 Å². The lowest BCUT2D eigenvalue weighted by atomic mass is 9.87. The Balaban J connectivity index is 1.51. The maximum Gasteiger partial charge on any atom is 0.265 e. The average molecular weight is 497 g/mol. The zero-order valence-corrected chi connectivity index (χ0v) is 21.7. The SMILES string of the molecule is CC(C)(C)c1ccc(N2C(=O)c3cccc4c(N(c5ccccc5)c5ccccc5)ccc(c34)C2=O)cc1. The number of anilines is 4. The molecule has 0 N–H and O–H groups in total. The Kier molecular flexibility index (Phi) is 5.61. The molecule has 4 heteroatoms. The van der Waals surface area contributed by atoms with Crippen LogP contribution in [0.2, 0.25) is 0 Å². The van der Waals surface area contributed by atoms with Crippen molar-refractivity contribution in [2.45, 2.75) is 26.2 Å². The van der Waals surface area contributed by atoms with Crippen molar-refractivity contribution in [1.29, 1.82) is 0 Å². The van der Waals surface area contributed by atoms with E-state index in [1.54, 1.807) is 0 Å². The molecule has 0 bridgehead atoms. The predicted molar refractivity (Wildman–Crippen MR) is 155 cm³/mol. The fourth-order valence-electron chi connectivity index (χ4n) is 5.20. The van der Waals surface area contributed by atoms with Crippen LogP contribution in [0.5, 0.6) is 0 Å². The number of para-hydroxylation sites is 2. The highest BCUT2D eigenvalue weighted by Crippen LogP contribution is 2.42. The lowest BCUT2D eigenvalue weighted by Crippen LogP contribution is -2.40. The molecule has 1 aliphatic heterocycles. The van der Waals surface area contributed by atoms with Crippen LogP contribution < -0.4 is 9.80 Å². The van der Waals surface area contributed by atoms with Crippen LogP contribution in [-0.4, -0.2) is 11.8 Å². The molecule has 0 saturated carbocycles. The summed E-state index contributed by atoms with van der Waals surface area (Å²) in [6, 6.07) is 37.5. The molecular weight excluding hydrogens is 468 g/mol. The van der Waals surface area contributed by atoms with Gasteiger partial charge in [-0.3, -0.25) is 9.59 Å². The minimum atomic E-state index is -0.306. The summed E-state index contributed by atoms with van der Waals surface area (Å²) < 4.78 is 0. The summed E-state index contributed by atoms with van der Waals surface area (Å²) in [6.45, 7) is 6.42. The fourth-order valence-corrected chi connectivity index (χ4v) is 5.20. The van der Waals surface area contributed by atoms with E-state index in [-0.39, 0.29) is 17.2 Å². The quantitative estimate of drug-likeness (QED) is 0.235. The number of imide groups is 1. The minimum Gasteiger partial charge on any atom is -0.310 e. The molecule has 0 aromatic heterocycles. The molecule has 186 valence electrons. The highest BCUT2D eigenvalue weighted by atomic mass is 16.2. The molecule has 0 saturated heterocycles. The van der Waals surface area contributed by atoms with E-state index in [1.807, 2.05) is 91.0 Å². The summed E-state index contributed by atoms with van der Waals surface area (Å²) in [7, 11) is 0. The Hall–Kier alpha value is -4.70. The molecule has 6 rings (SSSR count). The fraction of sp³-hybridized carbons (Fsp3) is 0.118. The summed E-state index contributed by atoms with van der Waals surface area (Å²) in [5.41, 5.74) is 5.65. The number of hydrogen-bond donors (Lipinski definition) is 0. The van der Waals surface area contributed by atoms with Crippen LogP contribution in [0.25, 0.3) is 10.8 Å². The number of nitrogens with zero attached hydrogens (tertiary/aromatic N) is 2. The zero-order chi connectivity index (χ0) is 26.4. The third kappa shape index (κ3) is 3.86. The Labute approximate surface area is 222 Å². The molecule has 4 nitrogen and oxygen atoms in total. The highest BCUT2D eigenvalue weighted by Gasteiger charge is 2.35. The molecule has 5 aromatic carbocycles. The van der Waals surface area contributed by atoms with Gasteiger partial charge in [-0.2, -0.15) is 0 Å². The number of amides is 2. The number of benzene rings is 5. The number of carbonyl (C=O) groups excluding carboxylic acids is 2. The standard InChI is InChI=1S/C34H28N2O2/c1-34(2,3)23-17-19-26(20-18-23)36-32(37)28-16-10-15-27-30(22-21-29(31(27)28)33(36)38)35(24-11-6-4-7-12-24)25-13-8-5-9-14-25/h4-22H,1-3H3. The summed E-state index contributed by atoms with van der Waals surface area (Å²) in [5, 5.41) is 1.55. The molecule has 0 aliphatic carbocycles. The van der Waals surface area contributed by atoms with Crippen LogP contribution in [0, 0.1) is 0 Å². The van der Waals surface area contributed by atoms with Crippen LogP contribution in [-0.2, 0) is 5.41 Å². The predicted octanol–water partition coefficient (Wildman–Crippen LogP) is 8.41. The molecule has 0 unspecified atom stereocenters. The van der Waals surface area contributed by atoms with E-state index in [0.29, 0.717) is 22.2 Å². The topological polar surface area (TPSA) is 40.6 Å². The van der Waals surface area contributed by atoms with Gasteiger partial charge in [-0.05, 0) is 65.6 Å². The molecular formula is C34H28N2O2. The van der Waals surface area contributed by atoms with Crippen molar-refractivity contribution in [2.24, 2.45) is 0 Å². The van der Waals surface area contributed by atoms with Gasteiger partial charge >= 0.3 is 0 Å². The van der Waals surface area contributed by atoms with Crippen molar-refractivity contribution in [2.75, 3.05) is 9.80 Å². The van der Waals surface area contributed by atoms with E-state index in [2.05, 4.69) is 49.9 Å². The van der Waals surface area contributed by atoms with E-state index in [1.165, 1.54) is 4.90 Å². The van der Waals surface area contributed by atoms with Gasteiger partial charge in [0, 0.05) is 33.3 Å². The number of hydrogen-bond acceptors (Lipinski definition) is 3. The summed E-state index contributed by atoms with van der Waals surface area (Å²) >= 11 is 0. The van der Waals surface area contributed by atoms with E-state index in [0.717, 1.165) is 28.0 Å². The number of carbonyl (C=O) groups is 2. The molecule has 0 spiro atoms. The Morgan fingerprint density at radius 3 is 1.68 bits per heavy atom. The lowest BCUT2D eigenvalue weighted by Gasteiger charge is -2.31. The van der Waals surface area contributed by atoms with E-state index in [9.17, 15) is 9.59 Å². The van der Waals surface area contributed by atoms with Crippen molar-refractivity contribution in [3.05, 3.63) is 132 Å². The van der Waals surface area contributed by atoms with Crippen LogP contribution in [0.3, 0.4) is 0 Å². The molecule has 38 heavy (non-hydrogen) atoms. The Morgan fingerprint density at radius 2 is 1.13 bits per heavy atom. The smallest absolute Gasteiger partial charge is 0.265 e. The Bertz CT molecular complexity index is 1610. The summed E-state index contributed by atoms with van der Waals surface area (Å²) in [5.74, 6) is -0.612. The van der Waals surface area contributed by atoms with Gasteiger partial charge < -0.3 is 4.90 Å². The van der Waals surface area contributed by atoms with Gasteiger partial charge in [-0.25, -0.2) is 4.90 Å². The maximum atomic E-state index is 13.8. The molecule has 0 radical (unpaired) electrons. The normalized spacial score (nSPS) is 13.2. The minimum absolute atomic E-state index is 0.0214. The van der Waals surface area contributed by atoms with Gasteiger partial charge in [0.2, 0.25) is 0 Å². The third-order valence-corrected chi connectivity index (χ3v) is 7.15. The second kappa shape index (κ2) is 9.00. The third-order valence-electron chi connectivity index (χ3n) is 7.15. The lowest BCUT2D eigenvalue weighted by molar-refractivity contribution is 0.0893. The molecule has 0 atom stereocenters. The molecule has 1 aliphatic rings. The van der Waals surface area contributed by atoms with Gasteiger partial charge in [0.25, 0.3) is 11.8 Å². The molecule has 2 amide bonds. The van der Waals surface area contributed by atoms with E-state index < -0.39 is 0 Å². The van der Waals surface area contributed by atoms with Gasteiger partial charge in [0.1, 0.15) is 0 Å². The molecule has 5 aromatic rings. The monoisotopic (exact) mass is 496 g/mol. The second-order valence-corrected chi connectivity index (χ2v) is 10.6. The maximum absolute atomic E-state index is 13.8. The van der Waals surface area contributed by atoms with Gasteiger partial charge in [-0.15, -0.1) is 0 Å². The first-order valence-electron chi connectivity index (χ1n) is 12.8. The first-order valence-corrected chi connectivity index (χ1v) is 12.8. The zero-order valence-electron chi connectivity index (χ0n) is 21.7. The van der Waals surface area contributed by atoms with Crippen molar-refractivity contribution in [3.63, 3.8) is 0 Å². The van der Waals surface area contributed by atoms with Crippen molar-refractivity contribution in [1.82, 2.24) is 0 Å². The first-order chi connectivity index (χ1) is 18.3. The molecule has 1 heterocycles. The molecule has 0 fully saturated rings. The Morgan fingerprint density at radius 1 is 0.579 bits per heavy atom. The largest absolute Gasteiger partial charge is 0.310 e. The van der Waals surface area contributed by atoms with E-state index >= 15 is 0 Å². The average Bonchev–Trinajstić information content (AvgIpc) is 2.93. The van der Waals surface area contributed by atoms with Crippen molar-refractivity contribution < 1.29 is 9.59 Å². The van der Waals surface area contributed by atoms with Gasteiger partial charge in [0.05, 0.1) is 11.4 Å². The van der Waals surface area contributed by atoms with Crippen molar-refractivity contribution >= 4 is 45.3 Å². The summed E-state index contributed by atoms with van der Waals surface area (Å²) in [4.78, 5) is 31.1. The van der Waals surface area contributed by atoms with Crippen molar-refractivity contribution in [3.8, 4) is 0 Å². The summed E-state index contributed by atoms with van der Waals surface area (Å²) in [6.07, 6.45) is 0. The van der Waals surface area contributed by atoms with Crippen LogP contribution >= 0.6 is 0 Å². The number of rotatable bonds is 4. The van der Waals surface area contributed by atoms with Crippen LogP contribution in [0.1, 0.15) is 47.1 Å². The van der Waals surface area contributed by atoms with Gasteiger partial charge in [-0.1, -0.05) is 81.4 Å². The second-order valence-electron chi connectivity index (χ2n) is 10.6. The van der Waals surface area contributed by atoms with E-state index in [4.69, 9.17) is 0 Å². The first kappa shape index (κ1) is 23.7. The highest BCUT2D eigenvalue weighted by molar-refractivity contribution is 6.36. The van der Waals surface area contributed by atoms with Crippen LogP contribution in [0.15, 0.2) is 115 Å². The van der Waals surface area contributed by atoms with Gasteiger partial charge in [0.15, 0.2) is 0 Å².